The van der Waals surface area contributed by atoms with Crippen LogP contribution in [-0.2, 0) is 4.74 Å². The monoisotopic (exact) mass is 431 g/mol. The Bertz CT molecular complexity index is 1030. The van der Waals surface area contributed by atoms with Crippen LogP contribution in [0.4, 0.5) is 10.1 Å². The Hall–Kier alpha value is -3.10. The van der Waals surface area contributed by atoms with Gasteiger partial charge in [-0.1, -0.05) is 5.11 Å². The van der Waals surface area contributed by atoms with Crippen LogP contribution in [0, 0.1) is 0 Å². The molecule has 1 aromatic heterocycles. The first-order valence-corrected chi connectivity index (χ1v) is 10.3. The number of carbonyl (C=O) groups excluding carboxylic acids is 1. The Morgan fingerprint density at radius 1 is 1.39 bits per heavy atom. The lowest BCUT2D eigenvalue weighted by atomic mass is 10.1. The number of hydrogen-bond acceptors (Lipinski definition) is 6. The van der Waals surface area contributed by atoms with E-state index < -0.39 is 17.7 Å². The van der Waals surface area contributed by atoms with E-state index in [9.17, 15) is 14.0 Å². The summed E-state index contributed by atoms with van der Waals surface area (Å²) in [6.45, 7) is 5.16. The number of benzene rings is 1. The number of azide groups is 1. The normalized spacial score (nSPS) is 15.8. The van der Waals surface area contributed by atoms with Gasteiger partial charge in [-0.15, -0.1) is 0 Å². The number of nitrogens with one attached hydrogen (secondary N) is 1. The molecule has 31 heavy (non-hydrogen) atoms. The van der Waals surface area contributed by atoms with E-state index in [-0.39, 0.29) is 17.7 Å². The quantitative estimate of drug-likeness (QED) is 0.267. The van der Waals surface area contributed by atoms with E-state index in [0.29, 0.717) is 50.1 Å². The van der Waals surface area contributed by atoms with Crippen LogP contribution in [0.15, 0.2) is 38.6 Å². The number of amides is 1. The molecule has 2 atom stereocenters. The van der Waals surface area contributed by atoms with Crippen LogP contribution in [0.5, 0.6) is 0 Å². The van der Waals surface area contributed by atoms with E-state index in [0.717, 1.165) is 5.69 Å². The zero-order valence-electron chi connectivity index (χ0n) is 17.6. The molecular formula is C21H26FN5O4. The summed E-state index contributed by atoms with van der Waals surface area (Å²) in [5.74, 6) is -0.508. The Morgan fingerprint density at radius 3 is 2.87 bits per heavy atom. The number of fused-ring (bicyclic) bond motifs is 1. The summed E-state index contributed by atoms with van der Waals surface area (Å²) >= 11 is 0. The van der Waals surface area contributed by atoms with Gasteiger partial charge in [0.15, 0.2) is 0 Å². The van der Waals surface area contributed by atoms with E-state index in [4.69, 9.17) is 14.7 Å². The molecule has 1 aromatic carbocycles. The maximum Gasteiger partial charge on any atom is 0.349 e. The summed E-state index contributed by atoms with van der Waals surface area (Å²) in [7, 11) is 0. The fraction of sp³-hybridized carbons (Fsp3) is 0.524. The lowest BCUT2D eigenvalue weighted by Crippen LogP contribution is -2.48. The summed E-state index contributed by atoms with van der Waals surface area (Å²) in [5, 5.41) is 6.87. The third kappa shape index (κ3) is 5.96. The van der Waals surface area contributed by atoms with E-state index in [1.165, 1.54) is 6.07 Å². The van der Waals surface area contributed by atoms with Gasteiger partial charge in [-0.3, -0.25) is 4.79 Å². The molecule has 0 radical (unpaired) electrons. The van der Waals surface area contributed by atoms with E-state index in [1.807, 2.05) is 24.8 Å². The molecule has 1 amide bonds. The SMILES string of the molecule is CC(CCOC(C)CCN=[N+]=[N-])NC(=O)c1cc2ccc(N3CC(F)C3)cc2oc1=O. The predicted octanol–water partition coefficient (Wildman–Crippen LogP) is 3.57. The molecule has 9 nitrogen and oxygen atoms in total. The van der Waals surface area contributed by atoms with Crippen molar-refractivity contribution >= 4 is 22.6 Å². The summed E-state index contributed by atoms with van der Waals surface area (Å²) < 4.78 is 24.1. The highest BCUT2D eigenvalue weighted by Gasteiger charge is 2.26. The molecule has 1 aliphatic rings. The van der Waals surface area contributed by atoms with Gasteiger partial charge in [-0.05, 0) is 50.4 Å². The minimum absolute atomic E-state index is 0.0575. The number of hydrogen-bond donors (Lipinski definition) is 1. The van der Waals surface area contributed by atoms with Crippen molar-refractivity contribution in [3.8, 4) is 0 Å². The van der Waals surface area contributed by atoms with Crippen LogP contribution < -0.4 is 15.8 Å². The molecule has 0 saturated carbocycles. The predicted molar refractivity (Wildman–Crippen MR) is 115 cm³/mol. The number of rotatable bonds is 10. The highest BCUT2D eigenvalue weighted by molar-refractivity contribution is 5.97. The van der Waals surface area contributed by atoms with Crippen LogP contribution in [0.3, 0.4) is 0 Å². The molecule has 166 valence electrons. The van der Waals surface area contributed by atoms with E-state index in [1.54, 1.807) is 12.1 Å². The second-order valence-corrected chi connectivity index (χ2v) is 7.76. The summed E-state index contributed by atoms with van der Waals surface area (Å²) in [6, 6.07) is 6.56. The number of halogens is 1. The van der Waals surface area contributed by atoms with Crippen LogP contribution in [-0.4, -0.2) is 50.5 Å². The molecule has 2 unspecified atom stereocenters. The Morgan fingerprint density at radius 2 is 2.16 bits per heavy atom. The van der Waals surface area contributed by atoms with Crippen molar-refractivity contribution in [1.29, 1.82) is 0 Å². The average Bonchev–Trinajstić information content (AvgIpc) is 2.70. The molecule has 0 bridgehead atoms. The second kappa shape index (κ2) is 10.3. The van der Waals surface area contributed by atoms with Crippen molar-refractivity contribution in [2.75, 3.05) is 31.1 Å². The smallest absolute Gasteiger partial charge is 0.349 e. The zero-order chi connectivity index (χ0) is 22.4. The molecule has 1 fully saturated rings. The lowest BCUT2D eigenvalue weighted by Gasteiger charge is -2.36. The number of carbonyl (C=O) groups is 1. The third-order valence-electron chi connectivity index (χ3n) is 5.20. The first-order chi connectivity index (χ1) is 14.9. The van der Waals surface area contributed by atoms with Crippen LogP contribution in [0.1, 0.15) is 37.0 Å². The molecule has 3 rings (SSSR count). The van der Waals surface area contributed by atoms with Crippen molar-refractivity contribution in [2.24, 2.45) is 5.11 Å². The van der Waals surface area contributed by atoms with Gasteiger partial charge < -0.3 is 19.4 Å². The molecular weight excluding hydrogens is 405 g/mol. The van der Waals surface area contributed by atoms with Gasteiger partial charge in [-0.2, -0.15) is 0 Å². The summed E-state index contributed by atoms with van der Waals surface area (Å²) in [5.41, 5.74) is 8.63. The minimum Gasteiger partial charge on any atom is -0.422 e. The fourth-order valence-electron chi connectivity index (χ4n) is 3.28. The molecule has 1 N–H and O–H groups in total. The van der Waals surface area contributed by atoms with Gasteiger partial charge in [0.1, 0.15) is 17.3 Å². The van der Waals surface area contributed by atoms with Crippen molar-refractivity contribution in [3.05, 3.63) is 50.7 Å². The number of nitrogens with zero attached hydrogens (tertiary/aromatic N) is 4. The molecule has 1 aliphatic heterocycles. The zero-order valence-corrected chi connectivity index (χ0v) is 17.6. The van der Waals surface area contributed by atoms with Gasteiger partial charge in [0.25, 0.3) is 5.91 Å². The largest absolute Gasteiger partial charge is 0.422 e. The fourth-order valence-corrected chi connectivity index (χ4v) is 3.28. The van der Waals surface area contributed by atoms with Gasteiger partial charge in [0.05, 0.1) is 19.2 Å². The number of anilines is 1. The topological polar surface area (TPSA) is 121 Å². The van der Waals surface area contributed by atoms with E-state index >= 15 is 0 Å². The average molecular weight is 431 g/mol. The Kier molecular flexibility index (Phi) is 7.49. The van der Waals surface area contributed by atoms with Crippen molar-refractivity contribution in [3.63, 3.8) is 0 Å². The van der Waals surface area contributed by atoms with Gasteiger partial charge in [0, 0.05) is 41.2 Å². The van der Waals surface area contributed by atoms with Crippen molar-refractivity contribution in [1.82, 2.24) is 5.32 Å². The van der Waals surface area contributed by atoms with Gasteiger partial charge in [-0.25, -0.2) is 9.18 Å². The summed E-state index contributed by atoms with van der Waals surface area (Å²) in [6.07, 6.45) is 0.294. The van der Waals surface area contributed by atoms with Gasteiger partial charge in [0.2, 0.25) is 0 Å². The molecule has 2 aromatic rings. The standard InChI is InChI=1S/C21H26FN5O4/c1-13(6-8-30-14(2)5-7-24-26-23)25-20(28)18-9-15-3-4-17(27-11-16(22)12-27)10-19(15)31-21(18)29/h3-4,9-10,13-14,16H,5-8,11-12H2,1-2H3,(H,25,28). The third-order valence-corrected chi connectivity index (χ3v) is 5.20. The summed E-state index contributed by atoms with van der Waals surface area (Å²) in [4.78, 5) is 29.4. The Labute approximate surface area is 178 Å². The van der Waals surface area contributed by atoms with Crippen molar-refractivity contribution in [2.45, 2.75) is 45.0 Å². The Balaban J connectivity index is 1.56. The molecule has 0 aliphatic carbocycles. The van der Waals surface area contributed by atoms with Crippen LogP contribution in [0.2, 0.25) is 0 Å². The maximum absolute atomic E-state index is 13.1. The highest BCUT2D eigenvalue weighted by atomic mass is 19.1. The molecule has 2 heterocycles. The highest BCUT2D eigenvalue weighted by Crippen LogP contribution is 2.26. The lowest BCUT2D eigenvalue weighted by molar-refractivity contribution is 0.0557. The van der Waals surface area contributed by atoms with E-state index in [2.05, 4.69) is 15.3 Å². The maximum atomic E-state index is 13.1. The van der Waals surface area contributed by atoms with Crippen LogP contribution >= 0.6 is 0 Å². The minimum atomic E-state index is -0.831. The van der Waals surface area contributed by atoms with Crippen molar-refractivity contribution < 1.29 is 18.3 Å². The number of alkyl halides is 1. The molecule has 0 spiro atoms. The second-order valence-electron chi connectivity index (χ2n) is 7.76. The first kappa shape index (κ1) is 22.6. The first-order valence-electron chi connectivity index (χ1n) is 10.3. The molecule has 10 heteroatoms. The number of ether oxygens (including phenoxy) is 1. The van der Waals surface area contributed by atoms with Gasteiger partial charge >= 0.3 is 5.63 Å². The molecule has 1 saturated heterocycles. The van der Waals surface area contributed by atoms with Crippen LogP contribution in [0.25, 0.3) is 21.4 Å².